The van der Waals surface area contributed by atoms with Crippen LogP contribution in [0.15, 0.2) is 16.7 Å². The number of carbonyl (C=O) groups is 1. The number of rotatable bonds is 5. The standard InChI is InChI=1S/C14H23N3O2/c1-2-3-11-4-6-17(7-5-11)9-13-8-12(10-19-13)14(18)16-15/h8,10-11H,2-7,9,15H2,1H3,(H,16,18). The predicted octanol–water partition coefficient (Wildman–Crippen LogP) is 1.90. The molecule has 0 spiro atoms. The van der Waals surface area contributed by atoms with Crippen LogP contribution >= 0.6 is 0 Å². The number of likely N-dealkylation sites (tertiary alicyclic amines) is 1. The SMILES string of the molecule is CCCC1CCN(Cc2cc(C(=O)NN)co2)CC1. The first-order valence-corrected chi connectivity index (χ1v) is 7.03. The number of piperidine rings is 1. The first-order chi connectivity index (χ1) is 9.22. The number of nitrogens with two attached hydrogens (primary N) is 1. The second kappa shape index (κ2) is 6.73. The first-order valence-electron chi connectivity index (χ1n) is 7.03. The number of hydrogen-bond donors (Lipinski definition) is 2. The Balaban J connectivity index is 1.82. The Morgan fingerprint density at radius 1 is 1.53 bits per heavy atom. The van der Waals surface area contributed by atoms with Crippen LogP contribution in [0.25, 0.3) is 0 Å². The van der Waals surface area contributed by atoms with Crippen molar-refractivity contribution in [2.45, 2.75) is 39.2 Å². The van der Waals surface area contributed by atoms with Crippen LogP contribution in [0.4, 0.5) is 0 Å². The van der Waals surface area contributed by atoms with Gasteiger partial charge in [0, 0.05) is 0 Å². The van der Waals surface area contributed by atoms with Gasteiger partial charge in [-0.05, 0) is 37.9 Å². The van der Waals surface area contributed by atoms with Crippen LogP contribution in [0.1, 0.15) is 48.7 Å². The molecule has 1 aromatic rings. The summed E-state index contributed by atoms with van der Waals surface area (Å²) >= 11 is 0. The van der Waals surface area contributed by atoms with Crippen molar-refractivity contribution < 1.29 is 9.21 Å². The van der Waals surface area contributed by atoms with Gasteiger partial charge in [-0.3, -0.25) is 15.1 Å². The number of hydrogen-bond acceptors (Lipinski definition) is 4. The fourth-order valence-electron chi connectivity index (χ4n) is 2.73. The molecule has 19 heavy (non-hydrogen) atoms. The summed E-state index contributed by atoms with van der Waals surface area (Å²) in [7, 11) is 0. The fourth-order valence-corrected chi connectivity index (χ4v) is 2.73. The lowest BCUT2D eigenvalue weighted by Gasteiger charge is -2.31. The highest BCUT2D eigenvalue weighted by molar-refractivity contribution is 5.93. The summed E-state index contributed by atoms with van der Waals surface area (Å²) in [4.78, 5) is 13.7. The maximum absolute atomic E-state index is 11.3. The maximum Gasteiger partial charge on any atom is 0.268 e. The van der Waals surface area contributed by atoms with Crippen molar-refractivity contribution in [1.82, 2.24) is 10.3 Å². The molecule has 2 rings (SSSR count). The van der Waals surface area contributed by atoms with Crippen LogP contribution in [-0.4, -0.2) is 23.9 Å². The van der Waals surface area contributed by atoms with E-state index in [9.17, 15) is 4.79 Å². The Kier molecular flexibility index (Phi) is 4.99. The number of furan rings is 1. The van der Waals surface area contributed by atoms with Crippen LogP contribution in [0, 0.1) is 5.92 Å². The highest BCUT2D eigenvalue weighted by Crippen LogP contribution is 2.23. The predicted molar refractivity (Wildman–Crippen MR) is 73.3 cm³/mol. The number of carbonyl (C=O) groups excluding carboxylic acids is 1. The zero-order chi connectivity index (χ0) is 13.7. The third-order valence-electron chi connectivity index (χ3n) is 3.83. The summed E-state index contributed by atoms with van der Waals surface area (Å²) in [6, 6.07) is 1.76. The molecule has 0 radical (unpaired) electrons. The van der Waals surface area contributed by atoms with E-state index in [1.165, 1.54) is 31.9 Å². The molecule has 1 saturated heterocycles. The van der Waals surface area contributed by atoms with Gasteiger partial charge >= 0.3 is 0 Å². The average Bonchev–Trinajstić information content (AvgIpc) is 2.89. The normalized spacial score (nSPS) is 17.6. The van der Waals surface area contributed by atoms with Gasteiger partial charge in [-0.1, -0.05) is 19.8 Å². The highest BCUT2D eigenvalue weighted by Gasteiger charge is 2.19. The molecule has 0 saturated carbocycles. The van der Waals surface area contributed by atoms with Gasteiger partial charge in [-0.25, -0.2) is 5.84 Å². The topological polar surface area (TPSA) is 71.5 Å². The van der Waals surface area contributed by atoms with Crippen molar-refractivity contribution in [2.75, 3.05) is 13.1 Å². The van der Waals surface area contributed by atoms with Crippen molar-refractivity contribution in [3.05, 3.63) is 23.7 Å². The van der Waals surface area contributed by atoms with Gasteiger partial charge < -0.3 is 4.42 Å². The van der Waals surface area contributed by atoms with Gasteiger partial charge in [0.2, 0.25) is 0 Å². The van der Waals surface area contributed by atoms with Crippen LogP contribution in [-0.2, 0) is 6.54 Å². The third kappa shape index (κ3) is 3.81. The number of nitrogen functional groups attached to an aromatic ring is 1. The van der Waals surface area contributed by atoms with E-state index in [2.05, 4.69) is 17.2 Å². The van der Waals surface area contributed by atoms with E-state index < -0.39 is 0 Å². The minimum absolute atomic E-state index is 0.309. The Morgan fingerprint density at radius 2 is 2.26 bits per heavy atom. The molecule has 1 aliphatic rings. The lowest BCUT2D eigenvalue weighted by atomic mass is 9.92. The van der Waals surface area contributed by atoms with Gasteiger partial charge in [0.05, 0.1) is 12.1 Å². The van der Waals surface area contributed by atoms with Gasteiger partial charge in [-0.2, -0.15) is 0 Å². The number of nitrogens with zero attached hydrogens (tertiary/aromatic N) is 1. The van der Waals surface area contributed by atoms with E-state index in [-0.39, 0.29) is 5.91 Å². The molecule has 2 heterocycles. The van der Waals surface area contributed by atoms with E-state index in [4.69, 9.17) is 10.3 Å². The molecule has 0 atom stereocenters. The van der Waals surface area contributed by atoms with Crippen molar-refractivity contribution in [3.8, 4) is 0 Å². The molecular formula is C14H23N3O2. The summed E-state index contributed by atoms with van der Waals surface area (Å²) in [5.74, 6) is 6.49. The van der Waals surface area contributed by atoms with Crippen molar-refractivity contribution in [1.29, 1.82) is 0 Å². The van der Waals surface area contributed by atoms with Gasteiger partial charge in [0.15, 0.2) is 0 Å². The highest BCUT2D eigenvalue weighted by atomic mass is 16.3. The minimum atomic E-state index is -0.309. The average molecular weight is 265 g/mol. The molecule has 3 N–H and O–H groups in total. The van der Waals surface area contributed by atoms with Gasteiger partial charge in [0.25, 0.3) is 5.91 Å². The lowest BCUT2D eigenvalue weighted by molar-refractivity contribution is 0.0953. The van der Waals surface area contributed by atoms with Crippen molar-refractivity contribution in [2.24, 2.45) is 11.8 Å². The van der Waals surface area contributed by atoms with Crippen molar-refractivity contribution >= 4 is 5.91 Å². The van der Waals surface area contributed by atoms with E-state index in [0.717, 1.165) is 31.3 Å². The summed E-state index contributed by atoms with van der Waals surface area (Å²) < 4.78 is 5.41. The number of amides is 1. The Bertz CT molecular complexity index is 409. The number of nitrogens with one attached hydrogen (secondary N) is 1. The first kappa shape index (κ1) is 14.1. The largest absolute Gasteiger partial charge is 0.467 e. The van der Waals surface area contributed by atoms with E-state index in [1.807, 2.05) is 0 Å². The van der Waals surface area contributed by atoms with E-state index in [0.29, 0.717) is 5.56 Å². The van der Waals surface area contributed by atoms with E-state index in [1.54, 1.807) is 6.07 Å². The monoisotopic (exact) mass is 265 g/mol. The molecule has 0 aliphatic carbocycles. The summed E-state index contributed by atoms with van der Waals surface area (Å²) in [5, 5.41) is 0. The molecule has 5 nitrogen and oxygen atoms in total. The maximum atomic E-state index is 11.3. The molecule has 106 valence electrons. The second-order valence-electron chi connectivity index (χ2n) is 5.28. The smallest absolute Gasteiger partial charge is 0.268 e. The van der Waals surface area contributed by atoms with Crippen LogP contribution in [0.2, 0.25) is 0 Å². The summed E-state index contributed by atoms with van der Waals surface area (Å²) in [6.45, 7) is 5.25. The Morgan fingerprint density at radius 3 is 2.89 bits per heavy atom. The summed E-state index contributed by atoms with van der Waals surface area (Å²) in [5.41, 5.74) is 2.59. The van der Waals surface area contributed by atoms with Gasteiger partial charge in [-0.15, -0.1) is 0 Å². The Hall–Kier alpha value is -1.33. The van der Waals surface area contributed by atoms with E-state index >= 15 is 0 Å². The third-order valence-corrected chi connectivity index (χ3v) is 3.83. The Labute approximate surface area is 114 Å². The molecule has 0 aromatic carbocycles. The van der Waals surface area contributed by atoms with Gasteiger partial charge in [0.1, 0.15) is 12.0 Å². The molecule has 0 bridgehead atoms. The summed E-state index contributed by atoms with van der Waals surface area (Å²) in [6.07, 6.45) is 6.62. The molecule has 1 aromatic heterocycles. The fraction of sp³-hybridized carbons (Fsp3) is 0.643. The molecule has 1 amide bonds. The van der Waals surface area contributed by atoms with Crippen LogP contribution in [0.5, 0.6) is 0 Å². The van der Waals surface area contributed by atoms with Crippen LogP contribution in [0.3, 0.4) is 0 Å². The number of hydrazine groups is 1. The quantitative estimate of drug-likeness (QED) is 0.484. The molecule has 1 aliphatic heterocycles. The molecule has 0 unspecified atom stereocenters. The minimum Gasteiger partial charge on any atom is -0.467 e. The zero-order valence-electron chi connectivity index (χ0n) is 11.5. The lowest BCUT2D eigenvalue weighted by Crippen LogP contribution is -2.33. The second-order valence-corrected chi connectivity index (χ2v) is 5.28. The molecule has 1 fully saturated rings. The zero-order valence-corrected chi connectivity index (χ0v) is 11.5. The van der Waals surface area contributed by atoms with Crippen LogP contribution < -0.4 is 11.3 Å². The molecular weight excluding hydrogens is 242 g/mol. The van der Waals surface area contributed by atoms with Crippen molar-refractivity contribution in [3.63, 3.8) is 0 Å². The molecule has 5 heteroatoms.